The van der Waals surface area contributed by atoms with Gasteiger partial charge in [-0.15, -0.1) is 0 Å². The van der Waals surface area contributed by atoms with Crippen LogP contribution in [0.3, 0.4) is 0 Å². The summed E-state index contributed by atoms with van der Waals surface area (Å²) < 4.78 is 38.6. The van der Waals surface area contributed by atoms with Crippen molar-refractivity contribution in [1.82, 2.24) is 9.55 Å². The maximum absolute atomic E-state index is 12.6. The Kier molecular flexibility index (Phi) is 3.03. The molecule has 0 aliphatic rings. The Morgan fingerprint density at radius 2 is 1.78 bits per heavy atom. The molecule has 0 amide bonds. The zero-order valence-electron chi connectivity index (χ0n) is 8.85. The van der Waals surface area contributed by atoms with Crippen molar-refractivity contribution < 1.29 is 13.2 Å². The molecule has 8 heteroatoms. The van der Waals surface area contributed by atoms with Crippen LogP contribution in [0.2, 0.25) is 10.0 Å². The average Bonchev–Trinajstić information content (AvgIpc) is 2.25. The standard InChI is InChI=1S/C10H5Cl2F3N2O/c1-17-7-3-5(12)4(11)2-6(7)16-8(9(17)18)10(13,14)15/h2-3H,1H3. The van der Waals surface area contributed by atoms with Gasteiger partial charge in [0, 0.05) is 7.05 Å². The van der Waals surface area contributed by atoms with E-state index in [4.69, 9.17) is 23.2 Å². The van der Waals surface area contributed by atoms with Crippen molar-refractivity contribution in [3.05, 3.63) is 38.2 Å². The second-order valence-electron chi connectivity index (χ2n) is 3.58. The monoisotopic (exact) mass is 296 g/mol. The highest BCUT2D eigenvalue weighted by Crippen LogP contribution is 2.29. The maximum atomic E-state index is 12.6. The summed E-state index contributed by atoms with van der Waals surface area (Å²) in [7, 11) is 1.21. The van der Waals surface area contributed by atoms with E-state index in [-0.39, 0.29) is 21.1 Å². The highest BCUT2D eigenvalue weighted by Gasteiger charge is 2.37. The first-order chi connectivity index (χ1) is 8.21. The lowest BCUT2D eigenvalue weighted by atomic mass is 10.2. The van der Waals surface area contributed by atoms with E-state index in [9.17, 15) is 18.0 Å². The summed E-state index contributed by atoms with van der Waals surface area (Å²) in [5, 5.41) is 0.212. The average molecular weight is 297 g/mol. The van der Waals surface area contributed by atoms with Crippen LogP contribution >= 0.6 is 23.2 Å². The summed E-state index contributed by atoms with van der Waals surface area (Å²) in [6, 6.07) is 2.49. The van der Waals surface area contributed by atoms with Gasteiger partial charge in [-0.25, -0.2) is 4.98 Å². The molecular weight excluding hydrogens is 292 g/mol. The molecule has 2 rings (SSSR count). The molecule has 0 fully saturated rings. The molecule has 0 aliphatic heterocycles. The van der Waals surface area contributed by atoms with Crippen LogP contribution in [-0.4, -0.2) is 9.55 Å². The van der Waals surface area contributed by atoms with Crippen molar-refractivity contribution >= 4 is 34.2 Å². The molecule has 0 unspecified atom stereocenters. The molecule has 0 saturated heterocycles. The van der Waals surface area contributed by atoms with Crippen LogP contribution in [-0.2, 0) is 13.2 Å². The minimum atomic E-state index is -4.81. The maximum Gasteiger partial charge on any atom is 0.438 e. The third-order valence-electron chi connectivity index (χ3n) is 2.39. The summed E-state index contributed by atoms with van der Waals surface area (Å²) in [6.07, 6.45) is -4.81. The summed E-state index contributed by atoms with van der Waals surface area (Å²) >= 11 is 11.5. The molecular formula is C10H5Cl2F3N2O. The number of benzene rings is 1. The van der Waals surface area contributed by atoms with Gasteiger partial charge in [0.25, 0.3) is 5.56 Å². The zero-order valence-corrected chi connectivity index (χ0v) is 10.4. The number of aryl methyl sites for hydroxylation is 1. The Morgan fingerprint density at radius 3 is 2.33 bits per heavy atom. The van der Waals surface area contributed by atoms with Gasteiger partial charge in [0.2, 0.25) is 5.69 Å². The Bertz CT molecular complexity index is 694. The lowest BCUT2D eigenvalue weighted by molar-refractivity contribution is -0.142. The Labute approximate surface area is 109 Å². The quantitative estimate of drug-likeness (QED) is 0.748. The topological polar surface area (TPSA) is 34.9 Å². The van der Waals surface area contributed by atoms with Gasteiger partial charge >= 0.3 is 6.18 Å². The van der Waals surface area contributed by atoms with E-state index in [1.165, 1.54) is 19.2 Å². The predicted octanol–water partition coefficient (Wildman–Crippen LogP) is 3.26. The highest BCUT2D eigenvalue weighted by molar-refractivity contribution is 6.42. The molecule has 1 heterocycles. The van der Waals surface area contributed by atoms with Crippen LogP contribution in [0, 0.1) is 0 Å². The first-order valence-corrected chi connectivity index (χ1v) is 5.40. The lowest BCUT2D eigenvalue weighted by Crippen LogP contribution is -2.29. The molecule has 1 aromatic carbocycles. The Morgan fingerprint density at radius 1 is 1.22 bits per heavy atom. The first kappa shape index (κ1) is 13.2. The van der Waals surface area contributed by atoms with Gasteiger partial charge in [0.1, 0.15) is 0 Å². The van der Waals surface area contributed by atoms with E-state index in [0.717, 1.165) is 4.57 Å². The van der Waals surface area contributed by atoms with Crippen molar-refractivity contribution in [2.24, 2.45) is 7.05 Å². The summed E-state index contributed by atoms with van der Waals surface area (Å²) in [5.41, 5.74) is -2.56. The van der Waals surface area contributed by atoms with Crippen molar-refractivity contribution in [3.8, 4) is 0 Å². The molecule has 0 bridgehead atoms. The summed E-state index contributed by atoms with van der Waals surface area (Å²) in [5.74, 6) is 0. The van der Waals surface area contributed by atoms with E-state index >= 15 is 0 Å². The van der Waals surface area contributed by atoms with Crippen LogP contribution in [0.1, 0.15) is 5.69 Å². The number of aromatic nitrogens is 2. The predicted molar refractivity (Wildman–Crippen MR) is 62.0 cm³/mol. The number of alkyl halides is 3. The second-order valence-corrected chi connectivity index (χ2v) is 4.39. The van der Waals surface area contributed by atoms with Gasteiger partial charge in [-0.2, -0.15) is 13.2 Å². The number of nitrogens with zero attached hydrogens (tertiary/aromatic N) is 2. The number of fused-ring (bicyclic) bond motifs is 1. The third-order valence-corrected chi connectivity index (χ3v) is 3.11. The SMILES string of the molecule is Cn1c(=O)c(C(F)(F)F)nc2cc(Cl)c(Cl)cc21. The Balaban J connectivity index is 2.93. The minimum absolute atomic E-state index is 0.0428. The van der Waals surface area contributed by atoms with E-state index in [1.807, 2.05) is 0 Å². The van der Waals surface area contributed by atoms with Crippen LogP contribution < -0.4 is 5.56 Å². The van der Waals surface area contributed by atoms with Crippen molar-refractivity contribution in [1.29, 1.82) is 0 Å². The molecule has 0 spiro atoms. The molecule has 18 heavy (non-hydrogen) atoms. The van der Waals surface area contributed by atoms with E-state index < -0.39 is 17.4 Å². The lowest BCUT2D eigenvalue weighted by Gasteiger charge is -2.10. The van der Waals surface area contributed by atoms with Crippen molar-refractivity contribution in [2.75, 3.05) is 0 Å². The molecule has 0 aliphatic carbocycles. The Hall–Kier alpha value is -1.27. The number of rotatable bonds is 0. The molecule has 2 aromatic rings. The van der Waals surface area contributed by atoms with E-state index in [2.05, 4.69) is 4.98 Å². The minimum Gasteiger partial charge on any atom is -0.308 e. The largest absolute Gasteiger partial charge is 0.438 e. The van der Waals surface area contributed by atoms with Gasteiger partial charge in [0.05, 0.1) is 21.1 Å². The molecule has 0 radical (unpaired) electrons. The summed E-state index contributed by atoms with van der Waals surface area (Å²) in [4.78, 5) is 14.8. The van der Waals surface area contributed by atoms with Gasteiger partial charge in [-0.3, -0.25) is 4.79 Å². The fourth-order valence-electron chi connectivity index (χ4n) is 1.51. The first-order valence-electron chi connectivity index (χ1n) is 4.65. The molecule has 3 nitrogen and oxygen atoms in total. The van der Waals surface area contributed by atoms with Crippen LogP contribution in [0.4, 0.5) is 13.2 Å². The fourth-order valence-corrected chi connectivity index (χ4v) is 1.82. The van der Waals surface area contributed by atoms with Crippen molar-refractivity contribution in [3.63, 3.8) is 0 Å². The smallest absolute Gasteiger partial charge is 0.308 e. The third kappa shape index (κ3) is 2.06. The number of halogens is 5. The molecule has 0 atom stereocenters. The van der Waals surface area contributed by atoms with Crippen LogP contribution in [0.5, 0.6) is 0 Å². The number of hydrogen-bond acceptors (Lipinski definition) is 2. The zero-order chi connectivity index (χ0) is 13.7. The molecule has 0 N–H and O–H groups in total. The van der Waals surface area contributed by atoms with Crippen LogP contribution in [0.15, 0.2) is 16.9 Å². The van der Waals surface area contributed by atoms with Gasteiger partial charge in [-0.1, -0.05) is 23.2 Å². The van der Waals surface area contributed by atoms with Crippen LogP contribution in [0.25, 0.3) is 11.0 Å². The molecule has 0 saturated carbocycles. The second kappa shape index (κ2) is 4.13. The van der Waals surface area contributed by atoms with E-state index in [1.54, 1.807) is 0 Å². The fraction of sp³-hybridized carbons (Fsp3) is 0.200. The highest BCUT2D eigenvalue weighted by atomic mass is 35.5. The number of hydrogen-bond donors (Lipinski definition) is 0. The van der Waals surface area contributed by atoms with E-state index in [0.29, 0.717) is 0 Å². The van der Waals surface area contributed by atoms with Crippen molar-refractivity contribution in [2.45, 2.75) is 6.18 Å². The van der Waals surface area contributed by atoms with Gasteiger partial charge in [-0.05, 0) is 12.1 Å². The van der Waals surface area contributed by atoms with Gasteiger partial charge < -0.3 is 4.57 Å². The normalized spacial score (nSPS) is 12.1. The van der Waals surface area contributed by atoms with Gasteiger partial charge in [0.15, 0.2) is 0 Å². The molecule has 1 aromatic heterocycles. The molecule has 96 valence electrons. The summed E-state index contributed by atoms with van der Waals surface area (Å²) in [6.45, 7) is 0.